The summed E-state index contributed by atoms with van der Waals surface area (Å²) < 4.78 is 63.7. The van der Waals surface area contributed by atoms with Crippen LogP contribution in [0, 0.1) is 11.3 Å². The van der Waals surface area contributed by atoms with Gasteiger partial charge in [0.15, 0.2) is 0 Å². The zero-order valence-electron chi connectivity index (χ0n) is 12.1. The van der Waals surface area contributed by atoms with E-state index in [1.165, 1.54) is 0 Å². The predicted octanol–water partition coefficient (Wildman–Crippen LogP) is 7.06. The Balaban J connectivity index is 3.09. The fraction of sp³-hybridized carbons (Fsp3) is 1.00. The molecule has 0 aliphatic heterocycles. The highest BCUT2D eigenvalue weighted by atomic mass is 32.5. The molecule has 0 heterocycles. The zero-order valence-corrected chi connectivity index (χ0v) is 12.9. The van der Waals surface area contributed by atoms with Gasteiger partial charge in [0.2, 0.25) is 0 Å². The van der Waals surface area contributed by atoms with E-state index < -0.39 is 27.8 Å². The normalized spacial score (nSPS) is 37.4. The van der Waals surface area contributed by atoms with Crippen LogP contribution in [0.1, 0.15) is 66.2 Å². The molecule has 118 valence electrons. The van der Waals surface area contributed by atoms with E-state index in [0.717, 1.165) is 13.3 Å². The lowest BCUT2D eigenvalue weighted by molar-refractivity contribution is 0.264. The molecule has 1 aliphatic rings. The molecule has 0 bridgehead atoms. The van der Waals surface area contributed by atoms with Gasteiger partial charge >= 0.3 is 0 Å². The average Bonchev–Trinajstić information content (AvgIpc) is 2.13. The van der Waals surface area contributed by atoms with Gasteiger partial charge in [-0.25, -0.2) is 0 Å². The molecule has 0 saturated heterocycles. The van der Waals surface area contributed by atoms with Crippen molar-refractivity contribution in [1.82, 2.24) is 0 Å². The van der Waals surface area contributed by atoms with Gasteiger partial charge in [0.05, 0.1) is 0 Å². The Morgan fingerprint density at radius 1 is 0.895 bits per heavy atom. The largest absolute Gasteiger partial charge is 0.290 e. The predicted molar refractivity (Wildman–Crippen MR) is 72.2 cm³/mol. The first-order valence-corrected chi connectivity index (χ1v) is 8.73. The number of halogens is 5. The van der Waals surface area contributed by atoms with Crippen LogP contribution in [0.3, 0.4) is 0 Å². The summed E-state index contributed by atoms with van der Waals surface area (Å²) in [6.07, 6.45) is 1.24. The lowest BCUT2D eigenvalue weighted by atomic mass is 9.82. The molecule has 1 saturated carbocycles. The molecule has 19 heavy (non-hydrogen) atoms. The van der Waals surface area contributed by atoms with Crippen molar-refractivity contribution in [3.05, 3.63) is 0 Å². The van der Waals surface area contributed by atoms with Crippen LogP contribution in [-0.2, 0) is 0 Å². The lowest BCUT2D eigenvalue weighted by Gasteiger charge is -2.55. The van der Waals surface area contributed by atoms with Gasteiger partial charge in [-0.05, 0) is 43.9 Å². The first-order valence-electron chi connectivity index (χ1n) is 6.78. The number of hydrogen-bond donors (Lipinski definition) is 0. The summed E-state index contributed by atoms with van der Waals surface area (Å²) in [5.41, 5.74) is -0.0583. The fourth-order valence-corrected chi connectivity index (χ4v) is 4.12. The Morgan fingerprint density at radius 2 is 1.42 bits per heavy atom. The molecule has 0 spiro atoms. The molecule has 0 amide bonds. The minimum absolute atomic E-state index is 0.0583. The van der Waals surface area contributed by atoms with E-state index in [1.54, 1.807) is 6.92 Å². The van der Waals surface area contributed by atoms with Crippen LogP contribution in [0.5, 0.6) is 0 Å². The van der Waals surface area contributed by atoms with Gasteiger partial charge in [0.25, 0.3) is 10.2 Å². The van der Waals surface area contributed by atoms with E-state index in [9.17, 15) is 19.4 Å². The van der Waals surface area contributed by atoms with Crippen LogP contribution >= 0.6 is 10.2 Å². The highest BCUT2D eigenvalue weighted by Crippen LogP contribution is 3.04. The fourth-order valence-electron chi connectivity index (χ4n) is 2.99. The average molecular weight is 308 g/mol. The summed E-state index contributed by atoms with van der Waals surface area (Å²) in [7, 11) is -9.46. The minimum atomic E-state index is -9.46. The van der Waals surface area contributed by atoms with Crippen LogP contribution in [0.4, 0.5) is 19.4 Å². The Hall–Kier alpha value is -0.0000000000000000555. The summed E-state index contributed by atoms with van der Waals surface area (Å²) >= 11 is 0. The van der Waals surface area contributed by atoms with Crippen molar-refractivity contribution >= 4 is 10.2 Å². The molecule has 2 unspecified atom stereocenters. The van der Waals surface area contributed by atoms with Crippen LogP contribution in [-0.4, -0.2) is 4.75 Å². The van der Waals surface area contributed by atoms with Crippen molar-refractivity contribution in [3.63, 3.8) is 0 Å². The summed E-state index contributed by atoms with van der Waals surface area (Å²) in [5, 5.41) is 0. The highest BCUT2D eigenvalue weighted by molar-refractivity contribution is 8.46. The smallest absolute Gasteiger partial charge is 0.0973 e. The number of rotatable bonds is 1. The topological polar surface area (TPSA) is 0 Å². The molecule has 0 aromatic carbocycles. The quantitative estimate of drug-likeness (QED) is 0.455. The molecule has 0 aromatic rings. The van der Waals surface area contributed by atoms with Crippen molar-refractivity contribution < 1.29 is 19.4 Å². The Kier molecular flexibility index (Phi) is 3.60. The van der Waals surface area contributed by atoms with Gasteiger partial charge in [0, 0.05) is 0 Å². The van der Waals surface area contributed by atoms with E-state index in [1.807, 2.05) is 13.8 Å². The first kappa shape index (κ1) is 17.1. The Morgan fingerprint density at radius 3 is 1.89 bits per heavy atom. The van der Waals surface area contributed by atoms with Crippen molar-refractivity contribution in [2.45, 2.75) is 71.0 Å². The second-order valence-corrected chi connectivity index (χ2v) is 10.2. The van der Waals surface area contributed by atoms with E-state index in [4.69, 9.17) is 0 Å². The summed E-state index contributed by atoms with van der Waals surface area (Å²) in [6.45, 7) is 6.39. The van der Waals surface area contributed by atoms with Gasteiger partial charge in [-0.2, -0.15) is 0 Å². The maximum absolute atomic E-state index is 13.3. The maximum atomic E-state index is 13.3. The molecule has 0 N–H and O–H groups in total. The minimum Gasteiger partial charge on any atom is -0.0973 e. The molecule has 6 heteroatoms. The summed E-state index contributed by atoms with van der Waals surface area (Å²) in [4.78, 5) is 0. The Bertz CT molecular complexity index is 344. The highest BCUT2D eigenvalue weighted by Gasteiger charge is 2.76. The molecule has 1 fully saturated rings. The summed E-state index contributed by atoms with van der Waals surface area (Å²) in [6, 6.07) is 0. The monoisotopic (exact) mass is 308 g/mol. The third kappa shape index (κ3) is 3.99. The van der Waals surface area contributed by atoms with Gasteiger partial charge in [-0.1, -0.05) is 53.0 Å². The van der Waals surface area contributed by atoms with Crippen molar-refractivity contribution in [2.75, 3.05) is 0 Å². The SMILES string of the molecule is CC1CCC(C)(C)CCCC(C)(S(F)(F)(F)(F)F)C1. The van der Waals surface area contributed by atoms with Gasteiger partial charge in [-0.3, -0.25) is 0 Å². The van der Waals surface area contributed by atoms with Gasteiger partial charge < -0.3 is 0 Å². The van der Waals surface area contributed by atoms with Crippen LogP contribution < -0.4 is 0 Å². The van der Waals surface area contributed by atoms with Crippen molar-refractivity contribution in [3.8, 4) is 0 Å². The molecular weight excluding hydrogens is 283 g/mol. The van der Waals surface area contributed by atoms with Crippen molar-refractivity contribution in [1.29, 1.82) is 0 Å². The van der Waals surface area contributed by atoms with E-state index in [0.29, 0.717) is 12.8 Å². The summed E-state index contributed by atoms with van der Waals surface area (Å²) in [5.74, 6) is -0.328. The molecule has 1 rings (SSSR count). The Labute approximate surface area is 112 Å². The number of hydrogen-bond acceptors (Lipinski definition) is 0. The van der Waals surface area contributed by atoms with Crippen molar-refractivity contribution in [2.24, 2.45) is 11.3 Å². The third-order valence-corrected chi connectivity index (χ3v) is 6.82. The molecule has 0 radical (unpaired) electrons. The van der Waals surface area contributed by atoms with Gasteiger partial charge in [-0.15, -0.1) is 0 Å². The molecule has 1 aliphatic carbocycles. The zero-order chi connectivity index (χ0) is 15.2. The molecule has 2 atom stereocenters. The van der Waals surface area contributed by atoms with E-state index in [-0.39, 0.29) is 17.8 Å². The third-order valence-electron chi connectivity index (χ3n) is 4.58. The molecule has 0 aromatic heterocycles. The lowest BCUT2D eigenvalue weighted by Crippen LogP contribution is -2.40. The van der Waals surface area contributed by atoms with Gasteiger partial charge in [0.1, 0.15) is 4.75 Å². The second kappa shape index (κ2) is 4.01. The van der Waals surface area contributed by atoms with E-state index >= 15 is 0 Å². The van der Waals surface area contributed by atoms with Crippen LogP contribution in [0.25, 0.3) is 0 Å². The van der Waals surface area contributed by atoms with Crippen LogP contribution in [0.2, 0.25) is 0 Å². The first-order chi connectivity index (χ1) is 8.05. The second-order valence-electron chi connectivity index (χ2n) is 7.28. The van der Waals surface area contributed by atoms with E-state index in [2.05, 4.69) is 0 Å². The molecular formula is C13H25F5S. The van der Waals surface area contributed by atoms with Crippen LogP contribution in [0.15, 0.2) is 0 Å². The molecule has 0 nitrogen and oxygen atoms in total. The maximum Gasteiger partial charge on any atom is 0.290 e. The standard InChI is InChI=1S/C13H25F5S/c1-11-6-9-12(2,3)7-5-8-13(4,10-11)19(14,15,16,17)18/h11H,5-10H2,1-4H3.